The van der Waals surface area contributed by atoms with Crippen molar-refractivity contribution in [3.63, 3.8) is 0 Å². The molecule has 2 saturated heterocycles. The van der Waals surface area contributed by atoms with Crippen LogP contribution in [0.3, 0.4) is 0 Å². The second kappa shape index (κ2) is 10.9. The summed E-state index contributed by atoms with van der Waals surface area (Å²) in [6, 6.07) is 13.2. The van der Waals surface area contributed by atoms with E-state index in [0.717, 1.165) is 30.3 Å². The molecule has 3 aromatic rings. The number of rotatable bonds is 5. The standard InChI is InChI=1S/C26H31N7O3/c1-18-16-35-13-11-32(18)23-15-24(33-12-14-36-17-19(33)2)31-25(30-23)20-3-5-21(6-4-20)28-26(34)29-22-7-9-27-10-8-22/h3-10,15,18-19H,11-14,16-17H2,1-2H3,(H2,27,28,29,34)/t18-,19-/m1/s1. The van der Waals surface area contributed by atoms with Gasteiger partial charge in [0.1, 0.15) is 11.6 Å². The summed E-state index contributed by atoms with van der Waals surface area (Å²) in [5, 5.41) is 5.64. The third kappa shape index (κ3) is 5.55. The Hall–Kier alpha value is -3.76. The van der Waals surface area contributed by atoms with E-state index in [0.29, 0.717) is 43.6 Å². The first-order valence-corrected chi connectivity index (χ1v) is 12.2. The first-order chi connectivity index (χ1) is 17.6. The smallest absolute Gasteiger partial charge is 0.323 e. The maximum absolute atomic E-state index is 12.3. The summed E-state index contributed by atoms with van der Waals surface area (Å²) in [6.07, 6.45) is 3.25. The van der Waals surface area contributed by atoms with Gasteiger partial charge in [-0.15, -0.1) is 0 Å². The molecule has 2 atom stereocenters. The third-order valence-electron chi connectivity index (χ3n) is 6.36. The van der Waals surface area contributed by atoms with Crippen LogP contribution in [0.1, 0.15) is 13.8 Å². The van der Waals surface area contributed by atoms with Crippen LogP contribution in [0.4, 0.5) is 27.8 Å². The van der Waals surface area contributed by atoms with Gasteiger partial charge in [0.25, 0.3) is 0 Å². The molecule has 2 aromatic heterocycles. The maximum Gasteiger partial charge on any atom is 0.323 e. The van der Waals surface area contributed by atoms with Crippen LogP contribution in [0.25, 0.3) is 11.4 Å². The molecular weight excluding hydrogens is 458 g/mol. The van der Waals surface area contributed by atoms with E-state index in [1.54, 1.807) is 24.5 Å². The minimum Gasteiger partial charge on any atom is -0.377 e. The quantitative estimate of drug-likeness (QED) is 0.560. The highest BCUT2D eigenvalue weighted by Gasteiger charge is 2.25. The second-order valence-electron chi connectivity index (χ2n) is 9.03. The Morgan fingerprint density at radius 2 is 1.36 bits per heavy atom. The number of hydrogen-bond donors (Lipinski definition) is 2. The van der Waals surface area contributed by atoms with Crippen LogP contribution >= 0.6 is 0 Å². The fraction of sp³-hybridized carbons (Fsp3) is 0.385. The number of morpholine rings is 2. The third-order valence-corrected chi connectivity index (χ3v) is 6.36. The highest BCUT2D eigenvalue weighted by Crippen LogP contribution is 2.29. The van der Waals surface area contributed by atoms with Gasteiger partial charge >= 0.3 is 6.03 Å². The normalized spacial score (nSPS) is 20.2. The summed E-state index contributed by atoms with van der Waals surface area (Å²) in [4.78, 5) is 30.7. The summed E-state index contributed by atoms with van der Waals surface area (Å²) in [6.45, 7) is 8.56. The van der Waals surface area contributed by atoms with Crippen LogP contribution in [0.5, 0.6) is 0 Å². The maximum atomic E-state index is 12.3. The van der Waals surface area contributed by atoms with E-state index in [9.17, 15) is 4.79 Å². The van der Waals surface area contributed by atoms with E-state index < -0.39 is 0 Å². The molecule has 0 aliphatic carbocycles. The number of ether oxygens (including phenoxy) is 2. The van der Waals surface area contributed by atoms with Gasteiger partial charge in [-0.05, 0) is 50.2 Å². The number of amides is 2. The van der Waals surface area contributed by atoms with Gasteiger partial charge in [0.15, 0.2) is 5.82 Å². The van der Waals surface area contributed by atoms with Crippen LogP contribution in [0.15, 0.2) is 54.9 Å². The SMILES string of the molecule is C[C@@H]1COCCN1c1cc(N2CCOC[C@H]2C)nc(-c2ccc(NC(=O)Nc3ccncc3)cc2)n1. The van der Waals surface area contributed by atoms with E-state index >= 15 is 0 Å². The molecule has 0 radical (unpaired) electrons. The average Bonchev–Trinajstić information content (AvgIpc) is 2.90. The van der Waals surface area contributed by atoms with Crippen LogP contribution in [-0.4, -0.2) is 72.6 Å². The topological polar surface area (TPSA) is 105 Å². The molecule has 0 saturated carbocycles. The van der Waals surface area contributed by atoms with E-state index in [1.165, 1.54) is 0 Å². The molecule has 10 nitrogen and oxygen atoms in total. The van der Waals surface area contributed by atoms with E-state index in [1.807, 2.05) is 24.3 Å². The Bertz CT molecular complexity index is 1140. The molecule has 2 N–H and O–H groups in total. The van der Waals surface area contributed by atoms with Gasteiger partial charge < -0.3 is 29.9 Å². The van der Waals surface area contributed by atoms with E-state index in [2.05, 4.69) is 45.3 Å². The molecule has 36 heavy (non-hydrogen) atoms. The highest BCUT2D eigenvalue weighted by atomic mass is 16.5. The van der Waals surface area contributed by atoms with Gasteiger partial charge in [-0.25, -0.2) is 14.8 Å². The molecule has 2 fully saturated rings. The summed E-state index contributed by atoms with van der Waals surface area (Å²) in [7, 11) is 0. The number of urea groups is 1. The summed E-state index contributed by atoms with van der Waals surface area (Å²) in [5.74, 6) is 2.43. The minimum absolute atomic E-state index is 0.224. The Balaban J connectivity index is 1.39. The highest BCUT2D eigenvalue weighted by molar-refractivity contribution is 5.99. The number of nitrogens with one attached hydrogen (secondary N) is 2. The van der Waals surface area contributed by atoms with E-state index in [-0.39, 0.29) is 18.1 Å². The first kappa shape index (κ1) is 24.0. The zero-order valence-electron chi connectivity index (χ0n) is 20.6. The molecule has 188 valence electrons. The van der Waals surface area contributed by atoms with Gasteiger partial charge in [-0.2, -0.15) is 0 Å². The second-order valence-corrected chi connectivity index (χ2v) is 9.03. The number of carbonyl (C=O) groups is 1. The lowest BCUT2D eigenvalue weighted by Crippen LogP contribution is -2.45. The van der Waals surface area contributed by atoms with Crippen molar-refractivity contribution in [3.05, 3.63) is 54.9 Å². The molecule has 4 heterocycles. The van der Waals surface area contributed by atoms with Gasteiger partial charge in [0, 0.05) is 48.5 Å². The monoisotopic (exact) mass is 489 g/mol. The average molecular weight is 490 g/mol. The van der Waals surface area contributed by atoms with Crippen molar-refractivity contribution in [1.29, 1.82) is 0 Å². The molecule has 0 spiro atoms. The van der Waals surface area contributed by atoms with Crippen molar-refractivity contribution in [1.82, 2.24) is 15.0 Å². The van der Waals surface area contributed by atoms with Crippen LogP contribution in [0.2, 0.25) is 0 Å². The summed E-state index contributed by atoms with van der Waals surface area (Å²) < 4.78 is 11.3. The molecule has 1 aromatic carbocycles. The Morgan fingerprint density at radius 3 is 1.89 bits per heavy atom. The predicted octanol–water partition coefficient (Wildman–Crippen LogP) is 3.63. The summed E-state index contributed by atoms with van der Waals surface area (Å²) >= 11 is 0. The van der Waals surface area contributed by atoms with Crippen molar-refractivity contribution >= 4 is 29.0 Å². The molecule has 2 aliphatic heterocycles. The molecule has 0 unspecified atom stereocenters. The lowest BCUT2D eigenvalue weighted by Gasteiger charge is -2.37. The number of anilines is 4. The Labute approximate surface area is 210 Å². The van der Waals surface area contributed by atoms with Gasteiger partial charge in [0.05, 0.1) is 38.5 Å². The number of aromatic nitrogens is 3. The van der Waals surface area contributed by atoms with Crippen molar-refractivity contribution in [3.8, 4) is 11.4 Å². The van der Waals surface area contributed by atoms with Crippen molar-refractivity contribution < 1.29 is 14.3 Å². The van der Waals surface area contributed by atoms with Crippen molar-refractivity contribution in [2.75, 3.05) is 60.0 Å². The fourth-order valence-electron chi connectivity index (χ4n) is 4.41. The number of hydrogen-bond acceptors (Lipinski definition) is 8. The zero-order valence-corrected chi connectivity index (χ0v) is 20.6. The Kier molecular flexibility index (Phi) is 7.24. The number of benzene rings is 1. The number of carbonyl (C=O) groups excluding carboxylic acids is 1. The lowest BCUT2D eigenvalue weighted by atomic mass is 10.1. The molecule has 2 aliphatic rings. The molecule has 0 bridgehead atoms. The van der Waals surface area contributed by atoms with Crippen molar-refractivity contribution in [2.24, 2.45) is 0 Å². The van der Waals surface area contributed by atoms with Gasteiger partial charge in [-0.3, -0.25) is 4.98 Å². The number of pyridine rings is 1. The minimum atomic E-state index is -0.322. The van der Waals surface area contributed by atoms with Gasteiger partial charge in [-0.1, -0.05) is 0 Å². The zero-order chi connectivity index (χ0) is 24.9. The largest absolute Gasteiger partial charge is 0.377 e. The van der Waals surface area contributed by atoms with Crippen LogP contribution < -0.4 is 20.4 Å². The molecule has 5 rings (SSSR count). The predicted molar refractivity (Wildman–Crippen MR) is 140 cm³/mol. The molecule has 10 heteroatoms. The molecular formula is C26H31N7O3. The number of nitrogens with zero attached hydrogens (tertiary/aromatic N) is 5. The fourth-order valence-corrected chi connectivity index (χ4v) is 4.41. The lowest BCUT2D eigenvalue weighted by molar-refractivity contribution is 0.0978. The van der Waals surface area contributed by atoms with Crippen LogP contribution in [0, 0.1) is 0 Å². The van der Waals surface area contributed by atoms with E-state index in [4.69, 9.17) is 19.4 Å². The Morgan fingerprint density at radius 1 is 0.833 bits per heavy atom. The van der Waals surface area contributed by atoms with Crippen LogP contribution in [-0.2, 0) is 9.47 Å². The first-order valence-electron chi connectivity index (χ1n) is 12.2. The summed E-state index contributed by atoms with van der Waals surface area (Å²) in [5.41, 5.74) is 2.22. The van der Waals surface area contributed by atoms with Crippen molar-refractivity contribution in [2.45, 2.75) is 25.9 Å². The van der Waals surface area contributed by atoms with Gasteiger partial charge in [0.2, 0.25) is 0 Å². The molecule has 2 amide bonds.